The van der Waals surface area contributed by atoms with Crippen LogP contribution in [-0.4, -0.2) is 60.9 Å². The van der Waals surface area contributed by atoms with Crippen molar-refractivity contribution < 1.29 is 20.4 Å². The minimum absolute atomic E-state index is 0.0636. The average molecular weight is 657 g/mol. The summed E-state index contributed by atoms with van der Waals surface area (Å²) in [4.78, 5) is 71.4. The molecule has 2 aromatic rings. The number of allylic oxidation sites excluding steroid dienone is 3. The zero-order valence-corrected chi connectivity index (χ0v) is 26.6. The van der Waals surface area contributed by atoms with Crippen LogP contribution in [0.2, 0.25) is 0 Å². The van der Waals surface area contributed by atoms with Crippen molar-refractivity contribution >= 4 is 40.1 Å². The van der Waals surface area contributed by atoms with Gasteiger partial charge in [0, 0.05) is 23.6 Å². The lowest BCUT2D eigenvalue weighted by Gasteiger charge is -2.34. The molecule has 242 valence electrons. The van der Waals surface area contributed by atoms with Gasteiger partial charge in [-0.15, -0.1) is 0 Å². The molecule has 6 rings (SSSR count). The van der Waals surface area contributed by atoms with Crippen LogP contribution in [0.4, 0.5) is 0 Å². The van der Waals surface area contributed by atoms with Crippen molar-refractivity contribution in [3.05, 3.63) is 131 Å². The first-order valence-electron chi connectivity index (χ1n) is 15.2. The molecule has 1 heterocycles. The van der Waals surface area contributed by atoms with Crippen LogP contribution >= 0.6 is 11.8 Å². The van der Waals surface area contributed by atoms with Crippen LogP contribution in [0.25, 0.3) is 28.4 Å². The number of aromatic nitrogens is 1. The number of aromatic amines is 1. The van der Waals surface area contributed by atoms with Crippen LogP contribution in [0.3, 0.4) is 0 Å². The second kappa shape index (κ2) is 11.8. The fourth-order valence-electron chi connectivity index (χ4n) is 7.03. The molecular formula is C35H32N2O9S. The molecule has 0 fully saturated rings. The molecule has 0 radical (unpaired) electrons. The van der Waals surface area contributed by atoms with E-state index in [0.29, 0.717) is 18.0 Å². The van der Waals surface area contributed by atoms with E-state index in [2.05, 4.69) is 9.88 Å². The Morgan fingerprint density at radius 3 is 2.04 bits per heavy atom. The average Bonchev–Trinajstić information content (AvgIpc) is 3.42. The van der Waals surface area contributed by atoms with Crippen LogP contribution in [0.15, 0.2) is 66.5 Å². The predicted octanol–water partition coefficient (Wildman–Crippen LogP) is 0.639. The fraction of sp³-hybridized carbons (Fsp3) is 0.286. The van der Waals surface area contributed by atoms with E-state index >= 15 is 0 Å². The van der Waals surface area contributed by atoms with Crippen molar-refractivity contribution in [2.24, 2.45) is 0 Å². The summed E-state index contributed by atoms with van der Waals surface area (Å²) in [6.07, 6.45) is 5.43. The number of hydrogen-bond acceptors (Lipinski definition) is 11. The Labute approximate surface area is 270 Å². The number of rotatable bonds is 8. The number of aliphatic hydroxyl groups is 3. The summed E-state index contributed by atoms with van der Waals surface area (Å²) >= 11 is 1.14. The molecule has 1 spiro atoms. The molecule has 0 saturated carbocycles. The Balaban J connectivity index is 1.74. The largest absolute Gasteiger partial charge is 0.510 e. The Bertz CT molecular complexity index is 2420. The number of nitrogens with zero attached hydrogens (tertiary/aromatic N) is 1. The molecule has 0 aliphatic heterocycles. The number of aromatic hydroxyl groups is 1. The van der Waals surface area contributed by atoms with Gasteiger partial charge in [-0.05, 0) is 61.3 Å². The van der Waals surface area contributed by atoms with E-state index in [-0.39, 0.29) is 21.9 Å². The molecule has 5 N–H and O–H groups in total. The number of hydrogen-bond donors (Lipinski definition) is 5. The maximum absolute atomic E-state index is 13.8. The second-order valence-electron chi connectivity index (χ2n) is 11.6. The quantitative estimate of drug-likeness (QED) is 0.168. The number of aliphatic hydroxyl groups excluding tert-OH is 3. The van der Waals surface area contributed by atoms with E-state index in [0.717, 1.165) is 37.0 Å². The van der Waals surface area contributed by atoms with Crippen molar-refractivity contribution in [3.8, 4) is 5.75 Å². The summed E-state index contributed by atoms with van der Waals surface area (Å²) in [5.41, 5.74) is -6.84. The van der Waals surface area contributed by atoms with E-state index in [1.54, 1.807) is 30.4 Å². The third kappa shape index (κ3) is 4.46. The molecule has 2 atom stereocenters. The van der Waals surface area contributed by atoms with Gasteiger partial charge in [-0.3, -0.25) is 24.0 Å². The topological polar surface area (TPSA) is 185 Å². The zero-order valence-electron chi connectivity index (χ0n) is 25.8. The van der Waals surface area contributed by atoms with Gasteiger partial charge in [-0.2, -0.15) is 11.8 Å². The smallest absolute Gasteiger partial charge is 0.260 e. The first-order valence-corrected chi connectivity index (χ1v) is 16.2. The number of nitrogens with one attached hydrogen (secondary N) is 1. The van der Waals surface area contributed by atoms with Crippen LogP contribution in [0.5, 0.6) is 5.75 Å². The minimum Gasteiger partial charge on any atom is -0.510 e. The standard InChI is InChI=1S/C35H32N2O9S/c1-4-7-8-9-17-14-16-15-18-26(30(43)21(16)34(46)36-17)35(33(27(18)40)47-13-12-37(5-2)6-3)31(44)24-25(32(35)45)29(42)23-20(39)11-10-19(38)22(23)28(24)41/h4,7-11,14-15,27,33,40,43-45H,5-6,12-13H2,1-3H3,(H,36,46)/b7-4+,9-8+. The molecule has 1 aromatic carbocycles. The molecular weight excluding hydrogens is 624 g/mol. The number of phenolic OH excluding ortho intramolecular Hbond substituents is 1. The highest BCUT2D eigenvalue weighted by molar-refractivity contribution is 8.00. The third-order valence-electron chi connectivity index (χ3n) is 9.27. The number of fused-ring (bicyclic) bond motifs is 4. The molecule has 1 aromatic heterocycles. The lowest BCUT2D eigenvalue weighted by Crippen LogP contribution is -2.51. The van der Waals surface area contributed by atoms with E-state index in [1.807, 2.05) is 20.8 Å². The normalized spacial score (nSPS) is 18.6. The zero-order chi connectivity index (χ0) is 33.9. The molecule has 2 unspecified atom stereocenters. The van der Waals surface area contributed by atoms with Gasteiger partial charge >= 0.3 is 0 Å². The monoisotopic (exact) mass is 656 g/mol. The molecule has 47 heavy (non-hydrogen) atoms. The Morgan fingerprint density at radius 1 is 0.894 bits per heavy atom. The van der Waals surface area contributed by atoms with Gasteiger partial charge in [0.1, 0.15) is 22.7 Å². The summed E-state index contributed by atoms with van der Waals surface area (Å²) in [6, 6.07) is 4.79. The highest BCUT2D eigenvalue weighted by atomic mass is 32.2. The first kappa shape index (κ1) is 32.2. The number of pyridine rings is 1. The Morgan fingerprint density at radius 2 is 1.49 bits per heavy atom. The van der Waals surface area contributed by atoms with Crippen LogP contribution < -0.4 is 37.7 Å². The van der Waals surface area contributed by atoms with Gasteiger partial charge in [0.05, 0.1) is 37.6 Å². The minimum atomic E-state index is -2.28. The number of benzene rings is 1. The van der Waals surface area contributed by atoms with Gasteiger partial charge < -0.3 is 30.3 Å². The van der Waals surface area contributed by atoms with Gasteiger partial charge in [0.25, 0.3) is 5.56 Å². The van der Waals surface area contributed by atoms with Gasteiger partial charge in [-0.25, -0.2) is 0 Å². The lowest BCUT2D eigenvalue weighted by atomic mass is 9.78. The van der Waals surface area contributed by atoms with Crippen LogP contribution in [0, 0.1) is 10.4 Å². The highest BCUT2D eigenvalue weighted by Crippen LogP contribution is 2.61. The van der Waals surface area contributed by atoms with Crippen molar-refractivity contribution in [1.82, 2.24) is 9.88 Å². The summed E-state index contributed by atoms with van der Waals surface area (Å²) in [7, 11) is 0. The Hall–Kier alpha value is -4.78. The maximum Gasteiger partial charge on any atom is 0.260 e. The van der Waals surface area contributed by atoms with Crippen molar-refractivity contribution in [2.75, 3.05) is 25.4 Å². The molecule has 11 nitrogen and oxygen atoms in total. The van der Waals surface area contributed by atoms with E-state index in [1.165, 1.54) is 6.07 Å². The van der Waals surface area contributed by atoms with Crippen molar-refractivity contribution in [3.63, 3.8) is 0 Å². The van der Waals surface area contributed by atoms with E-state index in [9.17, 15) is 44.4 Å². The first-order chi connectivity index (χ1) is 22.4. The molecule has 12 heteroatoms. The van der Waals surface area contributed by atoms with Crippen molar-refractivity contribution in [1.29, 1.82) is 0 Å². The number of thioether (sulfide) groups is 1. The van der Waals surface area contributed by atoms with Crippen molar-refractivity contribution in [2.45, 2.75) is 37.5 Å². The van der Waals surface area contributed by atoms with Gasteiger partial charge in [0.15, 0.2) is 10.9 Å². The second-order valence-corrected chi connectivity index (χ2v) is 12.8. The number of phenols is 1. The summed E-state index contributed by atoms with van der Waals surface area (Å²) in [5, 5.41) is 43.9. The fourth-order valence-corrected chi connectivity index (χ4v) is 8.57. The molecule has 0 saturated heterocycles. The van der Waals surface area contributed by atoms with Gasteiger partial charge in [-0.1, -0.05) is 32.1 Å². The van der Waals surface area contributed by atoms with E-state index < -0.39 is 82.2 Å². The molecule has 4 aliphatic carbocycles. The molecule has 0 amide bonds. The molecule has 4 aliphatic rings. The summed E-state index contributed by atoms with van der Waals surface area (Å²) in [6.45, 7) is 7.80. The molecule has 0 bridgehead atoms. The van der Waals surface area contributed by atoms with Gasteiger partial charge in [0.2, 0.25) is 10.9 Å². The maximum atomic E-state index is 13.8. The summed E-state index contributed by atoms with van der Waals surface area (Å²) < 4.78 is 0. The predicted molar refractivity (Wildman–Crippen MR) is 181 cm³/mol. The SMILES string of the molecule is C/C=C/C=C/c1cc2cc3c(c(O)c2c(=O)[nH]1)C1(C(O)=c2c(=O)c4c(=O)ccc(=O)c=4c(=O)c2=C1O)C(SCCN(CC)CC)C3O. The lowest BCUT2D eigenvalue weighted by molar-refractivity contribution is 0.170. The van der Waals surface area contributed by atoms with Crippen LogP contribution in [-0.2, 0) is 5.41 Å². The number of H-pyrrole nitrogens is 1. The van der Waals surface area contributed by atoms with E-state index in [4.69, 9.17) is 0 Å². The Kier molecular flexibility index (Phi) is 8.07. The summed E-state index contributed by atoms with van der Waals surface area (Å²) in [5.74, 6) is -2.03. The van der Waals surface area contributed by atoms with Crippen LogP contribution in [0.1, 0.15) is 43.7 Å². The third-order valence-corrected chi connectivity index (χ3v) is 10.7. The highest BCUT2D eigenvalue weighted by Gasteiger charge is 2.62.